The van der Waals surface area contributed by atoms with Crippen molar-refractivity contribution >= 4 is 0 Å². The molecule has 5 aromatic carbocycles. The molecule has 0 fully saturated rings. The van der Waals surface area contributed by atoms with Crippen LogP contribution in [0, 0.1) is 51.4 Å². The Kier molecular flexibility index (Phi) is 8.31. The fourth-order valence-corrected chi connectivity index (χ4v) is 6.12. The highest BCUT2D eigenvalue weighted by atomic mass is 15.1. The van der Waals surface area contributed by atoms with Gasteiger partial charge >= 0.3 is 0 Å². The Labute approximate surface area is 282 Å². The van der Waals surface area contributed by atoms with Crippen LogP contribution in [0.3, 0.4) is 0 Å². The van der Waals surface area contributed by atoms with Gasteiger partial charge < -0.3 is 0 Å². The minimum Gasteiger partial charge on any atom is -0.298 e. The van der Waals surface area contributed by atoms with E-state index in [1.54, 1.807) is 0 Å². The number of benzene rings is 5. The molecule has 0 bridgehead atoms. The van der Waals surface area contributed by atoms with Crippen molar-refractivity contribution in [1.29, 1.82) is 0 Å². The van der Waals surface area contributed by atoms with Crippen LogP contribution in [0.1, 0.15) is 44.8 Å². The Morgan fingerprint density at radius 3 is 1.19 bits per heavy atom. The molecule has 230 valence electrons. The molecule has 0 N–H and O–H groups in total. The SMILES string of the molecule is Cc1cccc(C)c1-n1cc(C#Cc2cccc(C#Cc3cn(-c4c(C)cccc4C)c(-c4ccccc4)n3)c2)nc1-c1ccccc1. The van der Waals surface area contributed by atoms with E-state index in [9.17, 15) is 0 Å². The van der Waals surface area contributed by atoms with Gasteiger partial charge in [0.2, 0.25) is 0 Å². The lowest BCUT2D eigenvalue weighted by Gasteiger charge is -2.13. The molecule has 0 amide bonds. The van der Waals surface area contributed by atoms with Gasteiger partial charge in [0, 0.05) is 34.6 Å². The van der Waals surface area contributed by atoms with E-state index in [2.05, 4.69) is 121 Å². The zero-order chi connectivity index (χ0) is 33.0. The lowest BCUT2D eigenvalue weighted by atomic mass is 10.1. The van der Waals surface area contributed by atoms with Crippen molar-refractivity contribution in [3.05, 3.63) is 178 Å². The van der Waals surface area contributed by atoms with Gasteiger partial charge in [-0.3, -0.25) is 9.13 Å². The first-order chi connectivity index (χ1) is 23.4. The molecule has 2 aromatic heterocycles. The van der Waals surface area contributed by atoms with Gasteiger partial charge in [0.1, 0.15) is 23.0 Å². The normalized spacial score (nSPS) is 10.6. The summed E-state index contributed by atoms with van der Waals surface area (Å²) >= 11 is 0. The third-order valence-corrected chi connectivity index (χ3v) is 8.37. The smallest absolute Gasteiger partial charge is 0.146 e. The summed E-state index contributed by atoms with van der Waals surface area (Å²) in [6.45, 7) is 8.52. The van der Waals surface area contributed by atoms with E-state index in [0.717, 1.165) is 45.3 Å². The fourth-order valence-electron chi connectivity index (χ4n) is 6.12. The molecule has 4 nitrogen and oxygen atoms in total. The molecule has 0 aliphatic rings. The lowest BCUT2D eigenvalue weighted by Crippen LogP contribution is -2.01. The first kappa shape index (κ1) is 30.3. The maximum Gasteiger partial charge on any atom is 0.146 e. The van der Waals surface area contributed by atoms with Crippen molar-refractivity contribution in [1.82, 2.24) is 19.1 Å². The summed E-state index contributed by atoms with van der Waals surface area (Å²) in [6, 6.07) is 41.2. The van der Waals surface area contributed by atoms with Crippen LogP contribution in [0.4, 0.5) is 0 Å². The highest BCUT2D eigenvalue weighted by molar-refractivity contribution is 5.64. The number of hydrogen-bond donors (Lipinski definition) is 0. The summed E-state index contributed by atoms with van der Waals surface area (Å²) in [7, 11) is 0. The van der Waals surface area contributed by atoms with Crippen LogP contribution in [0.15, 0.2) is 134 Å². The van der Waals surface area contributed by atoms with Crippen LogP contribution in [0.2, 0.25) is 0 Å². The zero-order valence-corrected chi connectivity index (χ0v) is 27.5. The molecule has 0 unspecified atom stereocenters. The maximum absolute atomic E-state index is 4.98. The minimum absolute atomic E-state index is 0.707. The van der Waals surface area contributed by atoms with Crippen molar-refractivity contribution < 1.29 is 0 Å². The largest absolute Gasteiger partial charge is 0.298 e. The number of imidazole rings is 2. The van der Waals surface area contributed by atoms with E-state index in [0.29, 0.717) is 11.4 Å². The topological polar surface area (TPSA) is 35.6 Å². The molecule has 0 saturated heterocycles. The molecule has 4 heteroatoms. The Morgan fingerprint density at radius 1 is 0.417 bits per heavy atom. The molecule has 0 spiro atoms. The van der Waals surface area contributed by atoms with Gasteiger partial charge in [-0.05, 0) is 80.0 Å². The second-order valence-corrected chi connectivity index (χ2v) is 11.9. The van der Waals surface area contributed by atoms with E-state index < -0.39 is 0 Å². The van der Waals surface area contributed by atoms with Crippen LogP contribution in [0.25, 0.3) is 34.2 Å². The number of nitrogens with zero attached hydrogens (tertiary/aromatic N) is 4. The van der Waals surface area contributed by atoms with E-state index >= 15 is 0 Å². The minimum atomic E-state index is 0.707. The van der Waals surface area contributed by atoms with Crippen LogP contribution >= 0.6 is 0 Å². The van der Waals surface area contributed by atoms with Crippen molar-refractivity contribution in [2.45, 2.75) is 27.7 Å². The quantitative estimate of drug-likeness (QED) is 0.184. The second-order valence-electron chi connectivity index (χ2n) is 11.9. The van der Waals surface area contributed by atoms with Crippen molar-refractivity contribution in [2.75, 3.05) is 0 Å². The molecule has 0 radical (unpaired) electrons. The van der Waals surface area contributed by atoms with Crippen molar-refractivity contribution in [3.8, 4) is 57.8 Å². The third kappa shape index (κ3) is 6.21. The first-order valence-electron chi connectivity index (χ1n) is 16.0. The van der Waals surface area contributed by atoms with Crippen LogP contribution < -0.4 is 0 Å². The molecule has 0 aliphatic heterocycles. The monoisotopic (exact) mass is 618 g/mol. The summed E-state index contributed by atoms with van der Waals surface area (Å²) in [5, 5.41) is 0. The molecular formula is C44H34N4. The molecule has 0 atom stereocenters. The standard InChI is InChI=1S/C44H34N4/c1-31-14-11-15-32(2)41(31)47-29-39(45-43(47)37-20-7-5-8-21-37)26-24-35-18-13-19-36(28-35)25-27-40-30-48(42-33(3)16-12-17-34(42)4)44(46-40)38-22-9-6-10-23-38/h5-23,28-30H,1-4H3. The lowest BCUT2D eigenvalue weighted by molar-refractivity contribution is 1.03. The summed E-state index contributed by atoms with van der Waals surface area (Å²) in [5.74, 6) is 15.0. The molecule has 7 aromatic rings. The summed E-state index contributed by atoms with van der Waals surface area (Å²) in [6.07, 6.45) is 4.07. The van der Waals surface area contributed by atoms with E-state index in [1.807, 2.05) is 73.1 Å². The maximum atomic E-state index is 4.98. The van der Waals surface area contributed by atoms with Crippen molar-refractivity contribution in [2.24, 2.45) is 0 Å². The van der Waals surface area contributed by atoms with Gasteiger partial charge in [0.05, 0.1) is 11.4 Å². The fraction of sp³-hybridized carbons (Fsp3) is 0.0909. The van der Waals surface area contributed by atoms with Gasteiger partial charge in [-0.25, -0.2) is 9.97 Å². The molecule has 0 aliphatic carbocycles. The Morgan fingerprint density at radius 2 is 0.792 bits per heavy atom. The van der Waals surface area contributed by atoms with Gasteiger partial charge in [-0.15, -0.1) is 0 Å². The molecule has 0 saturated carbocycles. The Hall–Kier alpha value is -6.36. The van der Waals surface area contributed by atoms with E-state index in [-0.39, 0.29) is 0 Å². The van der Waals surface area contributed by atoms with Gasteiger partial charge in [0.15, 0.2) is 0 Å². The number of rotatable bonds is 4. The predicted molar refractivity (Wildman–Crippen MR) is 195 cm³/mol. The Balaban J connectivity index is 1.22. The van der Waals surface area contributed by atoms with Gasteiger partial charge in [-0.1, -0.05) is 115 Å². The summed E-state index contributed by atoms with van der Waals surface area (Å²) < 4.78 is 4.32. The Bertz CT molecular complexity index is 2180. The predicted octanol–water partition coefficient (Wildman–Crippen LogP) is 9.43. The van der Waals surface area contributed by atoms with Gasteiger partial charge in [-0.2, -0.15) is 0 Å². The number of aryl methyl sites for hydroxylation is 4. The number of para-hydroxylation sites is 2. The van der Waals surface area contributed by atoms with Gasteiger partial charge in [0.25, 0.3) is 0 Å². The molecule has 48 heavy (non-hydrogen) atoms. The second kappa shape index (κ2) is 13.2. The highest BCUT2D eigenvalue weighted by Crippen LogP contribution is 2.28. The molecular weight excluding hydrogens is 585 g/mol. The van der Waals surface area contributed by atoms with E-state index in [4.69, 9.17) is 9.97 Å². The summed E-state index contributed by atoms with van der Waals surface area (Å²) in [5.41, 5.74) is 12.2. The summed E-state index contributed by atoms with van der Waals surface area (Å²) in [4.78, 5) is 9.95. The zero-order valence-electron chi connectivity index (χ0n) is 27.5. The number of hydrogen-bond acceptors (Lipinski definition) is 2. The third-order valence-electron chi connectivity index (χ3n) is 8.37. The number of aromatic nitrogens is 4. The average Bonchev–Trinajstić information content (AvgIpc) is 3.72. The van der Waals surface area contributed by atoms with Crippen LogP contribution in [-0.4, -0.2) is 19.1 Å². The highest BCUT2D eigenvalue weighted by Gasteiger charge is 2.15. The van der Waals surface area contributed by atoms with Crippen molar-refractivity contribution in [3.63, 3.8) is 0 Å². The average molecular weight is 619 g/mol. The molecule has 2 heterocycles. The molecule has 7 rings (SSSR count). The van der Waals surface area contributed by atoms with E-state index in [1.165, 1.54) is 22.3 Å². The first-order valence-corrected chi connectivity index (χ1v) is 16.0. The van der Waals surface area contributed by atoms with Crippen LogP contribution in [-0.2, 0) is 0 Å². The van der Waals surface area contributed by atoms with Crippen LogP contribution in [0.5, 0.6) is 0 Å².